The molecular weight excluding hydrogens is 171 g/mol. The van der Waals surface area contributed by atoms with Crippen LogP contribution in [0.4, 0.5) is 4.39 Å². The van der Waals surface area contributed by atoms with Gasteiger partial charge in [-0.2, -0.15) is 0 Å². The Bertz CT molecular complexity index is 310. The Balaban J connectivity index is 3.04. The average molecular weight is 182 g/mol. The van der Waals surface area contributed by atoms with Crippen LogP contribution in [0.1, 0.15) is 17.0 Å². The first-order chi connectivity index (χ1) is 6.16. The zero-order valence-corrected chi connectivity index (χ0v) is 7.33. The SMILES string of the molecule is Cc1ccccc1C(CF)C(=O)O. The van der Waals surface area contributed by atoms with Crippen LogP contribution >= 0.6 is 0 Å². The number of carbonyl (C=O) groups is 1. The summed E-state index contributed by atoms with van der Waals surface area (Å²) in [4.78, 5) is 10.6. The first-order valence-corrected chi connectivity index (χ1v) is 4.01. The Morgan fingerprint density at radius 3 is 2.62 bits per heavy atom. The third kappa shape index (κ3) is 2.05. The van der Waals surface area contributed by atoms with Crippen LogP contribution in [0.5, 0.6) is 0 Å². The molecule has 1 unspecified atom stereocenters. The normalized spacial score (nSPS) is 12.5. The molecule has 0 heterocycles. The summed E-state index contributed by atoms with van der Waals surface area (Å²) in [6.07, 6.45) is 0. The van der Waals surface area contributed by atoms with Crippen LogP contribution in [0, 0.1) is 6.92 Å². The molecule has 0 aliphatic heterocycles. The number of hydrogen-bond donors (Lipinski definition) is 1. The molecule has 13 heavy (non-hydrogen) atoms. The number of aryl methyl sites for hydroxylation is 1. The molecule has 2 nitrogen and oxygen atoms in total. The fourth-order valence-electron chi connectivity index (χ4n) is 1.26. The number of carboxylic acid groups (broad SMARTS) is 1. The summed E-state index contributed by atoms with van der Waals surface area (Å²) in [6.45, 7) is 0.918. The standard InChI is InChI=1S/C10H11FO2/c1-7-4-2-3-5-8(7)9(6-11)10(12)13/h2-5,9H,6H2,1H3,(H,12,13). The van der Waals surface area contributed by atoms with Crippen molar-refractivity contribution in [2.24, 2.45) is 0 Å². The van der Waals surface area contributed by atoms with E-state index in [0.29, 0.717) is 5.56 Å². The van der Waals surface area contributed by atoms with Crippen LogP contribution in [-0.4, -0.2) is 17.8 Å². The summed E-state index contributed by atoms with van der Waals surface area (Å²) in [5.41, 5.74) is 1.37. The Morgan fingerprint density at radius 1 is 1.54 bits per heavy atom. The molecule has 0 radical (unpaired) electrons. The summed E-state index contributed by atoms with van der Waals surface area (Å²) in [5, 5.41) is 8.71. The predicted molar refractivity (Wildman–Crippen MR) is 47.5 cm³/mol. The van der Waals surface area contributed by atoms with Crippen molar-refractivity contribution < 1.29 is 14.3 Å². The van der Waals surface area contributed by atoms with Crippen molar-refractivity contribution in [2.75, 3.05) is 6.67 Å². The van der Waals surface area contributed by atoms with Gasteiger partial charge in [-0.15, -0.1) is 0 Å². The summed E-state index contributed by atoms with van der Waals surface area (Å²) in [6, 6.07) is 6.94. The first-order valence-electron chi connectivity index (χ1n) is 4.01. The average Bonchev–Trinajstić information content (AvgIpc) is 2.09. The van der Waals surface area contributed by atoms with Gasteiger partial charge >= 0.3 is 5.97 Å². The van der Waals surface area contributed by atoms with Crippen LogP contribution in [-0.2, 0) is 4.79 Å². The van der Waals surface area contributed by atoms with E-state index in [-0.39, 0.29) is 0 Å². The first kappa shape index (κ1) is 9.71. The minimum Gasteiger partial charge on any atom is -0.481 e. The molecular formula is C10H11FO2. The van der Waals surface area contributed by atoms with Crippen LogP contribution in [0.2, 0.25) is 0 Å². The highest BCUT2D eigenvalue weighted by Gasteiger charge is 2.20. The lowest BCUT2D eigenvalue weighted by Gasteiger charge is -2.10. The van der Waals surface area contributed by atoms with Crippen molar-refractivity contribution in [1.29, 1.82) is 0 Å². The van der Waals surface area contributed by atoms with E-state index in [0.717, 1.165) is 5.56 Å². The van der Waals surface area contributed by atoms with Gasteiger partial charge in [-0.05, 0) is 18.1 Å². The number of halogens is 1. The van der Waals surface area contributed by atoms with Crippen molar-refractivity contribution in [3.05, 3.63) is 35.4 Å². The van der Waals surface area contributed by atoms with Gasteiger partial charge in [0.25, 0.3) is 0 Å². The number of hydrogen-bond acceptors (Lipinski definition) is 1. The zero-order chi connectivity index (χ0) is 9.84. The summed E-state index contributed by atoms with van der Waals surface area (Å²) >= 11 is 0. The van der Waals surface area contributed by atoms with E-state index in [4.69, 9.17) is 5.11 Å². The lowest BCUT2D eigenvalue weighted by Crippen LogP contribution is -2.14. The van der Waals surface area contributed by atoms with Gasteiger partial charge in [0, 0.05) is 0 Å². The Hall–Kier alpha value is -1.38. The molecule has 1 aromatic rings. The third-order valence-electron chi connectivity index (χ3n) is 2.02. The molecule has 0 spiro atoms. The van der Waals surface area contributed by atoms with Crippen molar-refractivity contribution in [2.45, 2.75) is 12.8 Å². The molecule has 1 atom stereocenters. The zero-order valence-electron chi connectivity index (χ0n) is 7.33. The molecule has 1 aromatic carbocycles. The van der Waals surface area contributed by atoms with E-state index in [1.807, 2.05) is 0 Å². The highest BCUT2D eigenvalue weighted by atomic mass is 19.1. The molecule has 70 valence electrons. The van der Waals surface area contributed by atoms with Gasteiger partial charge in [0.1, 0.15) is 12.6 Å². The largest absolute Gasteiger partial charge is 0.481 e. The minimum absolute atomic E-state index is 0.553. The molecule has 0 bridgehead atoms. The molecule has 3 heteroatoms. The molecule has 0 saturated heterocycles. The second-order valence-corrected chi connectivity index (χ2v) is 2.90. The highest BCUT2D eigenvalue weighted by molar-refractivity contribution is 5.76. The molecule has 0 fully saturated rings. The van der Waals surface area contributed by atoms with Gasteiger partial charge in [-0.1, -0.05) is 24.3 Å². The van der Waals surface area contributed by atoms with Gasteiger partial charge in [-0.25, -0.2) is 4.39 Å². The molecule has 0 saturated carbocycles. The van der Waals surface area contributed by atoms with E-state index >= 15 is 0 Å². The quantitative estimate of drug-likeness (QED) is 0.777. The van der Waals surface area contributed by atoms with Gasteiger partial charge in [-0.3, -0.25) is 4.79 Å². The highest BCUT2D eigenvalue weighted by Crippen LogP contribution is 2.20. The van der Waals surface area contributed by atoms with Gasteiger partial charge in [0.2, 0.25) is 0 Å². The van der Waals surface area contributed by atoms with Gasteiger partial charge in [0.05, 0.1) is 0 Å². The van der Waals surface area contributed by atoms with Crippen LogP contribution in [0.25, 0.3) is 0 Å². The predicted octanol–water partition coefficient (Wildman–Crippen LogP) is 2.13. The number of rotatable bonds is 3. The van der Waals surface area contributed by atoms with E-state index in [9.17, 15) is 9.18 Å². The van der Waals surface area contributed by atoms with Crippen LogP contribution in [0.3, 0.4) is 0 Å². The molecule has 0 aliphatic carbocycles. The summed E-state index contributed by atoms with van der Waals surface area (Å²) in [5.74, 6) is -2.14. The second kappa shape index (κ2) is 4.03. The van der Waals surface area contributed by atoms with Crippen molar-refractivity contribution in [1.82, 2.24) is 0 Å². The third-order valence-corrected chi connectivity index (χ3v) is 2.02. The van der Waals surface area contributed by atoms with E-state index < -0.39 is 18.6 Å². The van der Waals surface area contributed by atoms with E-state index in [1.165, 1.54) is 0 Å². The maximum Gasteiger partial charge on any atom is 0.313 e. The number of benzene rings is 1. The maximum atomic E-state index is 12.4. The molecule has 0 aromatic heterocycles. The van der Waals surface area contributed by atoms with Gasteiger partial charge in [0.15, 0.2) is 0 Å². The Kier molecular flexibility index (Phi) is 3.01. The fraction of sp³-hybridized carbons (Fsp3) is 0.300. The molecule has 0 aliphatic rings. The van der Waals surface area contributed by atoms with Crippen molar-refractivity contribution in [3.8, 4) is 0 Å². The molecule has 1 N–H and O–H groups in total. The van der Waals surface area contributed by atoms with Gasteiger partial charge < -0.3 is 5.11 Å². The number of alkyl halides is 1. The number of aliphatic carboxylic acids is 1. The topological polar surface area (TPSA) is 37.3 Å². The van der Waals surface area contributed by atoms with E-state index in [2.05, 4.69) is 0 Å². The van der Waals surface area contributed by atoms with Crippen molar-refractivity contribution in [3.63, 3.8) is 0 Å². The molecule has 0 amide bonds. The van der Waals surface area contributed by atoms with Crippen LogP contribution < -0.4 is 0 Å². The van der Waals surface area contributed by atoms with Crippen LogP contribution in [0.15, 0.2) is 24.3 Å². The maximum absolute atomic E-state index is 12.4. The number of carboxylic acids is 1. The lowest BCUT2D eigenvalue weighted by atomic mass is 9.96. The second-order valence-electron chi connectivity index (χ2n) is 2.90. The minimum atomic E-state index is -1.11. The summed E-state index contributed by atoms with van der Waals surface area (Å²) < 4.78 is 12.4. The van der Waals surface area contributed by atoms with Crippen molar-refractivity contribution >= 4 is 5.97 Å². The summed E-state index contributed by atoms with van der Waals surface area (Å²) in [7, 11) is 0. The monoisotopic (exact) mass is 182 g/mol. The fourth-order valence-corrected chi connectivity index (χ4v) is 1.26. The Morgan fingerprint density at radius 2 is 2.15 bits per heavy atom. The molecule has 1 rings (SSSR count). The Labute approximate surface area is 76.0 Å². The smallest absolute Gasteiger partial charge is 0.313 e. The lowest BCUT2D eigenvalue weighted by molar-refractivity contribution is -0.139. The van der Waals surface area contributed by atoms with E-state index in [1.54, 1.807) is 31.2 Å².